The molecule has 0 spiro atoms. The van der Waals surface area contributed by atoms with Crippen molar-refractivity contribution in [2.75, 3.05) is 19.8 Å². The van der Waals surface area contributed by atoms with E-state index in [0.717, 1.165) is 22.3 Å². The number of aliphatic carboxylic acids is 1. The molecule has 3 rings (SSSR count). The molecule has 0 aromatic heterocycles. The maximum atomic E-state index is 12.7. The Hall–Kier alpha value is -3.39. The zero-order chi connectivity index (χ0) is 24.7. The SMILES string of the molecule is CCOC(CNC(=O)[C@@H](NC(=O)OCC1c2ccccc2-c2ccccc21)C(C)C)CC(=O)O. The molecule has 1 unspecified atom stereocenters. The maximum Gasteiger partial charge on any atom is 0.407 e. The van der Waals surface area contributed by atoms with Gasteiger partial charge in [-0.3, -0.25) is 9.59 Å². The molecule has 1 aliphatic carbocycles. The lowest BCUT2D eigenvalue weighted by molar-refractivity contribution is -0.140. The summed E-state index contributed by atoms with van der Waals surface area (Å²) in [6.07, 6.45) is -1.54. The van der Waals surface area contributed by atoms with Crippen LogP contribution >= 0.6 is 0 Å². The number of benzene rings is 2. The van der Waals surface area contributed by atoms with Crippen molar-refractivity contribution in [2.45, 2.75) is 45.3 Å². The van der Waals surface area contributed by atoms with Crippen molar-refractivity contribution in [1.29, 1.82) is 0 Å². The summed E-state index contributed by atoms with van der Waals surface area (Å²) >= 11 is 0. The van der Waals surface area contributed by atoms with Crippen LogP contribution in [0.25, 0.3) is 11.1 Å². The number of carbonyl (C=O) groups is 3. The van der Waals surface area contributed by atoms with Crippen molar-refractivity contribution >= 4 is 18.0 Å². The van der Waals surface area contributed by atoms with Crippen LogP contribution in [0.4, 0.5) is 4.79 Å². The summed E-state index contributed by atoms with van der Waals surface area (Å²) in [5.41, 5.74) is 4.48. The second-order valence-corrected chi connectivity index (χ2v) is 8.61. The summed E-state index contributed by atoms with van der Waals surface area (Å²) in [5.74, 6) is -1.71. The number of alkyl carbamates (subject to hydrolysis) is 1. The number of carboxylic acid groups (broad SMARTS) is 1. The van der Waals surface area contributed by atoms with Gasteiger partial charge in [-0.2, -0.15) is 0 Å². The second-order valence-electron chi connectivity index (χ2n) is 8.61. The minimum Gasteiger partial charge on any atom is -0.481 e. The largest absolute Gasteiger partial charge is 0.481 e. The Morgan fingerprint density at radius 3 is 2.12 bits per heavy atom. The molecule has 0 heterocycles. The Balaban J connectivity index is 1.59. The average Bonchev–Trinajstić information content (AvgIpc) is 3.13. The Morgan fingerprint density at radius 1 is 1.00 bits per heavy atom. The molecule has 0 bridgehead atoms. The van der Waals surface area contributed by atoms with Gasteiger partial charge in [0.2, 0.25) is 5.91 Å². The van der Waals surface area contributed by atoms with Crippen molar-refractivity contribution in [3.05, 3.63) is 59.7 Å². The quantitative estimate of drug-likeness (QED) is 0.465. The van der Waals surface area contributed by atoms with E-state index >= 15 is 0 Å². The van der Waals surface area contributed by atoms with Gasteiger partial charge < -0.3 is 25.2 Å². The van der Waals surface area contributed by atoms with E-state index in [2.05, 4.69) is 22.8 Å². The number of ether oxygens (including phenoxy) is 2. The Kier molecular flexibility index (Phi) is 8.65. The third-order valence-corrected chi connectivity index (χ3v) is 5.87. The molecule has 182 valence electrons. The van der Waals surface area contributed by atoms with Gasteiger partial charge in [0.05, 0.1) is 12.5 Å². The fourth-order valence-electron chi connectivity index (χ4n) is 4.25. The Labute approximate surface area is 199 Å². The van der Waals surface area contributed by atoms with Crippen molar-refractivity contribution < 1.29 is 29.0 Å². The van der Waals surface area contributed by atoms with Gasteiger partial charge in [0.15, 0.2) is 0 Å². The lowest BCUT2D eigenvalue weighted by Crippen LogP contribution is -2.51. The molecule has 0 saturated heterocycles. The van der Waals surface area contributed by atoms with Crippen molar-refractivity contribution in [3.63, 3.8) is 0 Å². The zero-order valence-corrected chi connectivity index (χ0v) is 19.7. The van der Waals surface area contributed by atoms with E-state index in [4.69, 9.17) is 14.6 Å². The number of carbonyl (C=O) groups excluding carboxylic acids is 2. The molecule has 0 saturated carbocycles. The molecular formula is C26H32N2O6. The Bertz CT molecular complexity index is 976. The highest BCUT2D eigenvalue weighted by Crippen LogP contribution is 2.44. The van der Waals surface area contributed by atoms with Crippen molar-refractivity contribution in [1.82, 2.24) is 10.6 Å². The third-order valence-electron chi connectivity index (χ3n) is 5.87. The van der Waals surface area contributed by atoms with Gasteiger partial charge in [0.1, 0.15) is 12.6 Å². The number of amides is 2. The van der Waals surface area contributed by atoms with Crippen LogP contribution in [0.15, 0.2) is 48.5 Å². The summed E-state index contributed by atoms with van der Waals surface area (Å²) in [4.78, 5) is 36.3. The summed E-state index contributed by atoms with van der Waals surface area (Å²) in [7, 11) is 0. The fourth-order valence-corrected chi connectivity index (χ4v) is 4.25. The molecule has 1 aliphatic rings. The number of carboxylic acids is 1. The molecule has 8 heteroatoms. The first-order valence-corrected chi connectivity index (χ1v) is 11.5. The van der Waals surface area contributed by atoms with E-state index in [1.165, 1.54) is 0 Å². The highest BCUT2D eigenvalue weighted by Gasteiger charge is 2.30. The lowest BCUT2D eigenvalue weighted by atomic mass is 9.98. The second kappa shape index (κ2) is 11.7. The first-order valence-electron chi connectivity index (χ1n) is 11.5. The van der Waals surface area contributed by atoms with E-state index in [-0.39, 0.29) is 31.4 Å². The zero-order valence-electron chi connectivity index (χ0n) is 19.7. The monoisotopic (exact) mass is 468 g/mol. The van der Waals surface area contributed by atoms with Gasteiger partial charge in [-0.25, -0.2) is 4.79 Å². The van der Waals surface area contributed by atoms with Crippen LogP contribution < -0.4 is 10.6 Å². The molecule has 34 heavy (non-hydrogen) atoms. The molecule has 2 amide bonds. The predicted octanol–water partition coefficient (Wildman–Crippen LogP) is 3.55. The summed E-state index contributed by atoms with van der Waals surface area (Å²) in [6, 6.07) is 15.3. The van der Waals surface area contributed by atoms with Gasteiger partial charge >= 0.3 is 12.1 Å². The van der Waals surface area contributed by atoms with Gasteiger partial charge in [-0.15, -0.1) is 0 Å². The predicted molar refractivity (Wildman–Crippen MR) is 128 cm³/mol. The van der Waals surface area contributed by atoms with E-state index in [1.54, 1.807) is 6.92 Å². The summed E-state index contributed by atoms with van der Waals surface area (Å²) in [6.45, 7) is 5.90. The highest BCUT2D eigenvalue weighted by atomic mass is 16.5. The van der Waals surface area contributed by atoms with Crippen LogP contribution in [0, 0.1) is 5.92 Å². The standard InChI is InChI=1S/C26H32N2O6/c1-4-33-17(13-23(29)30)14-27-25(31)24(16(2)3)28-26(32)34-15-22-20-11-7-5-9-18(20)19-10-6-8-12-21(19)22/h5-12,16-17,22,24H,4,13-15H2,1-3H3,(H,27,31)(H,28,32)(H,29,30)/t17?,24-/m0/s1. The molecule has 0 aliphatic heterocycles. The molecular weight excluding hydrogens is 436 g/mol. The van der Waals surface area contributed by atoms with E-state index < -0.39 is 30.1 Å². The van der Waals surface area contributed by atoms with Gasteiger partial charge in [-0.05, 0) is 35.1 Å². The van der Waals surface area contributed by atoms with Crippen molar-refractivity contribution in [3.8, 4) is 11.1 Å². The van der Waals surface area contributed by atoms with Crippen LogP contribution in [0.3, 0.4) is 0 Å². The molecule has 8 nitrogen and oxygen atoms in total. The molecule has 2 aromatic rings. The van der Waals surface area contributed by atoms with Gasteiger partial charge in [0, 0.05) is 19.1 Å². The average molecular weight is 469 g/mol. The first-order chi connectivity index (χ1) is 16.3. The molecule has 2 atom stereocenters. The van der Waals surface area contributed by atoms with E-state index in [9.17, 15) is 14.4 Å². The summed E-state index contributed by atoms with van der Waals surface area (Å²) in [5, 5.41) is 14.3. The van der Waals surface area contributed by atoms with Gasteiger partial charge in [-0.1, -0.05) is 62.4 Å². The number of hydrogen-bond acceptors (Lipinski definition) is 5. The number of rotatable bonds is 11. The number of nitrogens with one attached hydrogen (secondary N) is 2. The Morgan fingerprint density at radius 2 is 1.59 bits per heavy atom. The van der Waals surface area contributed by atoms with E-state index in [1.807, 2.05) is 50.2 Å². The van der Waals surface area contributed by atoms with Crippen LogP contribution in [-0.4, -0.2) is 55.0 Å². The lowest BCUT2D eigenvalue weighted by Gasteiger charge is -2.23. The van der Waals surface area contributed by atoms with E-state index in [0.29, 0.717) is 6.61 Å². The van der Waals surface area contributed by atoms with Crippen LogP contribution in [0.1, 0.15) is 44.2 Å². The molecule has 2 aromatic carbocycles. The first kappa shape index (κ1) is 25.2. The fraction of sp³-hybridized carbons (Fsp3) is 0.423. The number of hydrogen-bond donors (Lipinski definition) is 3. The molecule has 3 N–H and O–H groups in total. The van der Waals surface area contributed by atoms with Crippen LogP contribution in [-0.2, 0) is 19.1 Å². The molecule has 0 fully saturated rings. The number of fused-ring (bicyclic) bond motifs is 3. The normalized spacial score (nSPS) is 14.1. The smallest absolute Gasteiger partial charge is 0.407 e. The van der Waals surface area contributed by atoms with Crippen LogP contribution in [0.5, 0.6) is 0 Å². The maximum absolute atomic E-state index is 12.7. The molecule has 0 radical (unpaired) electrons. The topological polar surface area (TPSA) is 114 Å². The van der Waals surface area contributed by atoms with Gasteiger partial charge in [0.25, 0.3) is 0 Å². The van der Waals surface area contributed by atoms with Crippen LogP contribution in [0.2, 0.25) is 0 Å². The minimum absolute atomic E-state index is 0.0363. The minimum atomic E-state index is -1.01. The van der Waals surface area contributed by atoms with Crippen molar-refractivity contribution in [2.24, 2.45) is 5.92 Å². The highest BCUT2D eigenvalue weighted by molar-refractivity contribution is 5.86. The third kappa shape index (κ3) is 6.14. The summed E-state index contributed by atoms with van der Waals surface area (Å²) < 4.78 is 10.9.